The highest BCUT2D eigenvalue weighted by atomic mass is 16.5. The third-order valence-corrected chi connectivity index (χ3v) is 6.11. The highest BCUT2D eigenvalue weighted by Gasteiger charge is 2.46. The number of amides is 1. The van der Waals surface area contributed by atoms with Gasteiger partial charge in [0.1, 0.15) is 18.1 Å². The molecule has 0 saturated carbocycles. The van der Waals surface area contributed by atoms with E-state index in [9.17, 15) is 14.7 Å². The Balaban J connectivity index is 1.55. The minimum atomic E-state index is -0.779. The summed E-state index contributed by atoms with van der Waals surface area (Å²) in [6.07, 6.45) is 3.28. The Bertz CT molecular complexity index is 1400. The maximum Gasteiger partial charge on any atom is 0.295 e. The fourth-order valence-electron chi connectivity index (χ4n) is 4.34. The predicted octanol–water partition coefficient (Wildman–Crippen LogP) is 5.28. The third kappa shape index (κ3) is 4.74. The zero-order valence-corrected chi connectivity index (χ0v) is 19.5. The lowest BCUT2D eigenvalue weighted by molar-refractivity contribution is -0.140. The lowest BCUT2D eigenvalue weighted by Crippen LogP contribution is -2.29. The molecule has 1 unspecified atom stereocenters. The molecule has 4 aromatic rings. The summed E-state index contributed by atoms with van der Waals surface area (Å²) in [5.74, 6) is -0.978. The van der Waals surface area contributed by atoms with Crippen LogP contribution in [0.3, 0.4) is 0 Å². The topological polar surface area (TPSA) is 79.7 Å². The number of likely N-dealkylation sites (tertiary alicyclic amines) is 1. The zero-order valence-electron chi connectivity index (χ0n) is 19.5. The van der Waals surface area contributed by atoms with Crippen LogP contribution in [0.15, 0.2) is 115 Å². The Morgan fingerprint density at radius 1 is 0.833 bits per heavy atom. The highest BCUT2D eigenvalue weighted by molar-refractivity contribution is 6.46. The molecule has 0 bridgehead atoms. The summed E-state index contributed by atoms with van der Waals surface area (Å²) in [5.41, 5.74) is 3.05. The van der Waals surface area contributed by atoms with Crippen molar-refractivity contribution in [2.75, 3.05) is 0 Å². The van der Waals surface area contributed by atoms with E-state index in [0.717, 1.165) is 11.1 Å². The zero-order chi connectivity index (χ0) is 24.9. The van der Waals surface area contributed by atoms with Crippen LogP contribution in [0.4, 0.5) is 0 Å². The number of hydrogen-bond donors (Lipinski definition) is 1. The second-order valence-electron chi connectivity index (χ2n) is 8.50. The molecular formula is C30H24N2O4. The number of carbonyl (C=O) groups is 2. The van der Waals surface area contributed by atoms with Gasteiger partial charge in [0, 0.05) is 24.5 Å². The summed E-state index contributed by atoms with van der Waals surface area (Å²) in [7, 11) is 0. The van der Waals surface area contributed by atoms with Crippen LogP contribution in [-0.4, -0.2) is 26.7 Å². The predicted molar refractivity (Wildman–Crippen MR) is 136 cm³/mol. The number of rotatable bonds is 7. The number of pyridine rings is 1. The first-order chi connectivity index (χ1) is 17.6. The quantitative estimate of drug-likeness (QED) is 0.223. The molecule has 5 rings (SSSR count). The molecule has 1 aliphatic rings. The van der Waals surface area contributed by atoms with Crippen LogP contribution in [0, 0.1) is 0 Å². The SMILES string of the molecule is O=C1C(=O)N(Cc2ccncc2)C(c2cccc(OCc3ccccc3)c2)/C1=C(\O)c1ccccc1. The van der Waals surface area contributed by atoms with Gasteiger partial charge in [0.2, 0.25) is 0 Å². The summed E-state index contributed by atoms with van der Waals surface area (Å²) in [4.78, 5) is 32.0. The lowest BCUT2D eigenvalue weighted by Gasteiger charge is -2.25. The summed E-state index contributed by atoms with van der Waals surface area (Å²) in [5, 5.41) is 11.2. The van der Waals surface area contributed by atoms with Gasteiger partial charge in [-0.3, -0.25) is 14.6 Å². The molecule has 36 heavy (non-hydrogen) atoms. The number of aromatic nitrogens is 1. The number of aliphatic hydroxyl groups excluding tert-OH is 1. The van der Waals surface area contributed by atoms with Crippen LogP contribution in [0.1, 0.15) is 28.3 Å². The van der Waals surface area contributed by atoms with E-state index in [1.54, 1.807) is 48.8 Å². The van der Waals surface area contributed by atoms with Gasteiger partial charge in [0.05, 0.1) is 11.6 Å². The summed E-state index contributed by atoms with van der Waals surface area (Å²) < 4.78 is 6.00. The Labute approximate surface area is 209 Å². The standard InChI is InChI=1S/C30H24N2O4/c33-28(23-10-5-2-6-11-23)26-27(32(30(35)29(26)34)19-21-14-16-31-17-15-21)24-12-7-13-25(18-24)36-20-22-8-3-1-4-9-22/h1-18,27,33H,19-20H2/b28-26+. The normalized spacial score (nSPS) is 16.8. The second kappa shape index (κ2) is 10.3. The van der Waals surface area contributed by atoms with Crippen molar-refractivity contribution in [3.63, 3.8) is 0 Å². The van der Waals surface area contributed by atoms with Crippen LogP contribution < -0.4 is 4.74 Å². The van der Waals surface area contributed by atoms with Crippen molar-refractivity contribution < 1.29 is 19.4 Å². The van der Waals surface area contributed by atoms with Gasteiger partial charge in [-0.2, -0.15) is 0 Å². The average molecular weight is 477 g/mol. The molecule has 1 saturated heterocycles. The first kappa shape index (κ1) is 23.1. The van der Waals surface area contributed by atoms with E-state index in [1.807, 2.05) is 60.7 Å². The number of carbonyl (C=O) groups excluding carboxylic acids is 2. The number of ether oxygens (including phenoxy) is 1. The molecule has 3 aromatic carbocycles. The number of benzene rings is 3. The Kier molecular flexibility index (Phi) is 6.58. The lowest BCUT2D eigenvalue weighted by atomic mass is 9.95. The van der Waals surface area contributed by atoms with Gasteiger partial charge in [-0.15, -0.1) is 0 Å². The number of hydrogen-bond acceptors (Lipinski definition) is 5. The molecule has 1 aromatic heterocycles. The second-order valence-corrected chi connectivity index (χ2v) is 8.50. The maximum absolute atomic E-state index is 13.2. The van der Waals surface area contributed by atoms with Crippen LogP contribution >= 0.6 is 0 Å². The molecule has 6 nitrogen and oxygen atoms in total. The van der Waals surface area contributed by atoms with Crippen molar-refractivity contribution in [3.8, 4) is 5.75 Å². The van der Waals surface area contributed by atoms with Gasteiger partial charge >= 0.3 is 0 Å². The Morgan fingerprint density at radius 2 is 1.53 bits per heavy atom. The van der Waals surface area contributed by atoms with Gasteiger partial charge in [-0.1, -0.05) is 72.8 Å². The molecule has 0 spiro atoms. The molecule has 0 aliphatic carbocycles. The number of Topliss-reactive ketones (excluding diaryl/α,β-unsaturated/α-hetero) is 1. The summed E-state index contributed by atoms with van der Waals surface area (Å²) in [6, 6.07) is 28.7. The third-order valence-electron chi connectivity index (χ3n) is 6.11. The van der Waals surface area contributed by atoms with Gasteiger partial charge < -0.3 is 14.7 Å². The monoisotopic (exact) mass is 476 g/mol. The maximum atomic E-state index is 13.2. The largest absolute Gasteiger partial charge is 0.507 e. The van der Waals surface area contributed by atoms with Gasteiger partial charge in [0.25, 0.3) is 11.7 Å². The summed E-state index contributed by atoms with van der Waals surface area (Å²) in [6.45, 7) is 0.573. The molecule has 6 heteroatoms. The molecule has 2 heterocycles. The molecule has 1 N–H and O–H groups in total. The van der Waals surface area contributed by atoms with Gasteiger partial charge in [0.15, 0.2) is 0 Å². The minimum Gasteiger partial charge on any atom is -0.507 e. The van der Waals surface area contributed by atoms with Gasteiger partial charge in [-0.25, -0.2) is 0 Å². The number of nitrogens with zero attached hydrogens (tertiary/aromatic N) is 2. The molecular weight excluding hydrogens is 452 g/mol. The van der Waals surface area contributed by atoms with Crippen LogP contribution in [0.5, 0.6) is 5.75 Å². The molecule has 1 aliphatic heterocycles. The average Bonchev–Trinajstić information content (AvgIpc) is 3.18. The van der Waals surface area contributed by atoms with Crippen molar-refractivity contribution in [2.24, 2.45) is 0 Å². The van der Waals surface area contributed by atoms with Crippen molar-refractivity contribution in [2.45, 2.75) is 19.2 Å². The van der Waals surface area contributed by atoms with E-state index in [4.69, 9.17) is 4.74 Å². The molecule has 1 amide bonds. The van der Waals surface area contributed by atoms with Crippen LogP contribution in [0.2, 0.25) is 0 Å². The number of ketones is 1. The molecule has 178 valence electrons. The smallest absolute Gasteiger partial charge is 0.295 e. The molecule has 0 radical (unpaired) electrons. The summed E-state index contributed by atoms with van der Waals surface area (Å²) >= 11 is 0. The van der Waals surface area contributed by atoms with Crippen molar-refractivity contribution in [1.82, 2.24) is 9.88 Å². The van der Waals surface area contributed by atoms with Crippen molar-refractivity contribution in [3.05, 3.63) is 137 Å². The van der Waals surface area contributed by atoms with Crippen LogP contribution in [0.25, 0.3) is 5.76 Å². The first-order valence-corrected chi connectivity index (χ1v) is 11.6. The highest BCUT2D eigenvalue weighted by Crippen LogP contribution is 2.41. The van der Waals surface area contributed by atoms with Crippen molar-refractivity contribution in [1.29, 1.82) is 0 Å². The van der Waals surface area contributed by atoms with E-state index in [0.29, 0.717) is 23.5 Å². The van der Waals surface area contributed by atoms with Crippen LogP contribution in [-0.2, 0) is 22.7 Å². The van der Waals surface area contributed by atoms with E-state index in [2.05, 4.69) is 4.98 Å². The van der Waals surface area contributed by atoms with E-state index in [1.165, 1.54) is 4.90 Å². The van der Waals surface area contributed by atoms with E-state index in [-0.39, 0.29) is 17.9 Å². The fraction of sp³-hybridized carbons (Fsp3) is 0.100. The minimum absolute atomic E-state index is 0.0560. The molecule has 1 fully saturated rings. The Hall–Kier alpha value is -4.71. The molecule has 1 atom stereocenters. The number of aliphatic hydroxyl groups is 1. The van der Waals surface area contributed by atoms with Crippen molar-refractivity contribution >= 4 is 17.4 Å². The van der Waals surface area contributed by atoms with Gasteiger partial charge in [-0.05, 0) is 41.0 Å². The van der Waals surface area contributed by atoms with E-state index >= 15 is 0 Å². The Morgan fingerprint density at radius 3 is 2.25 bits per heavy atom. The fourth-order valence-corrected chi connectivity index (χ4v) is 4.34. The van der Waals surface area contributed by atoms with E-state index < -0.39 is 17.7 Å². The first-order valence-electron chi connectivity index (χ1n) is 11.6.